The summed E-state index contributed by atoms with van der Waals surface area (Å²) in [6.07, 6.45) is 4.26. The average Bonchev–Trinajstić information content (AvgIpc) is 3.20. The van der Waals surface area contributed by atoms with Crippen molar-refractivity contribution in [2.45, 2.75) is 42.9 Å². The second-order valence-corrected chi connectivity index (χ2v) is 9.82. The van der Waals surface area contributed by atoms with Gasteiger partial charge in [-0.25, -0.2) is 13.1 Å². The molecule has 0 saturated heterocycles. The van der Waals surface area contributed by atoms with Crippen LogP contribution in [0.4, 0.5) is 0 Å². The maximum atomic E-state index is 12.7. The van der Waals surface area contributed by atoms with Crippen LogP contribution in [0, 0.1) is 6.92 Å². The van der Waals surface area contributed by atoms with Gasteiger partial charge in [-0.05, 0) is 48.9 Å². The zero-order valence-corrected chi connectivity index (χ0v) is 16.5. The molecule has 0 unspecified atom stereocenters. The summed E-state index contributed by atoms with van der Waals surface area (Å²) in [4.78, 5) is 1.34. The van der Waals surface area contributed by atoms with Crippen molar-refractivity contribution in [2.75, 3.05) is 6.54 Å². The standard InChI is InChI=1S/C17H19Cl2NO2S2/c1-12-9-15(14(19)10-13(12)18)24(21,22)20-11-17(6-2-3-7-17)16-5-4-8-23-16/h4-5,8-10,20H,2-3,6-7,11H2,1H3. The van der Waals surface area contributed by atoms with Crippen LogP contribution in [0.2, 0.25) is 10.0 Å². The number of aryl methyl sites for hydroxylation is 1. The first kappa shape index (κ1) is 18.2. The molecule has 0 atom stereocenters. The van der Waals surface area contributed by atoms with Crippen molar-refractivity contribution in [3.05, 3.63) is 50.1 Å². The fraction of sp³-hybridized carbons (Fsp3) is 0.412. The molecule has 1 aromatic carbocycles. The van der Waals surface area contributed by atoms with Crippen LogP contribution in [0.3, 0.4) is 0 Å². The van der Waals surface area contributed by atoms with Crippen molar-refractivity contribution < 1.29 is 8.42 Å². The van der Waals surface area contributed by atoms with E-state index in [4.69, 9.17) is 23.2 Å². The summed E-state index contributed by atoms with van der Waals surface area (Å²) in [7, 11) is -3.68. The number of thiophene rings is 1. The van der Waals surface area contributed by atoms with Crippen molar-refractivity contribution in [3.8, 4) is 0 Å². The Morgan fingerprint density at radius 1 is 1.21 bits per heavy atom. The summed E-state index contributed by atoms with van der Waals surface area (Å²) in [6.45, 7) is 2.16. The molecule has 130 valence electrons. The molecule has 1 N–H and O–H groups in total. The average molecular weight is 404 g/mol. The molecule has 1 aromatic heterocycles. The SMILES string of the molecule is Cc1cc(S(=O)(=O)NCC2(c3cccs3)CCCC2)c(Cl)cc1Cl. The molecule has 0 amide bonds. The fourth-order valence-corrected chi connectivity index (χ4v) is 6.23. The predicted octanol–water partition coefficient (Wildman–Crippen LogP) is 5.15. The van der Waals surface area contributed by atoms with Crippen molar-refractivity contribution in [1.82, 2.24) is 4.72 Å². The van der Waals surface area contributed by atoms with Crippen LogP contribution in [0.25, 0.3) is 0 Å². The Morgan fingerprint density at radius 2 is 1.92 bits per heavy atom. The van der Waals surface area contributed by atoms with Gasteiger partial charge in [0, 0.05) is 21.9 Å². The number of hydrogen-bond donors (Lipinski definition) is 1. The quantitative estimate of drug-likeness (QED) is 0.749. The molecule has 1 heterocycles. The topological polar surface area (TPSA) is 46.2 Å². The highest BCUT2D eigenvalue weighted by atomic mass is 35.5. The van der Waals surface area contributed by atoms with E-state index in [9.17, 15) is 8.42 Å². The molecule has 1 aliphatic carbocycles. The van der Waals surface area contributed by atoms with Crippen molar-refractivity contribution in [1.29, 1.82) is 0 Å². The highest BCUT2D eigenvalue weighted by Crippen LogP contribution is 2.43. The van der Waals surface area contributed by atoms with Crippen LogP contribution < -0.4 is 4.72 Å². The molecule has 1 saturated carbocycles. The summed E-state index contributed by atoms with van der Waals surface area (Å²) < 4.78 is 28.3. The van der Waals surface area contributed by atoms with Crippen LogP contribution in [-0.2, 0) is 15.4 Å². The van der Waals surface area contributed by atoms with Crippen molar-refractivity contribution in [2.24, 2.45) is 0 Å². The summed E-state index contributed by atoms with van der Waals surface area (Å²) in [5.74, 6) is 0. The molecule has 3 rings (SSSR count). The number of halogens is 2. The molecular formula is C17H19Cl2NO2S2. The molecule has 1 fully saturated rings. The molecule has 0 radical (unpaired) electrons. The van der Waals surface area contributed by atoms with Gasteiger partial charge in [0.15, 0.2) is 0 Å². The van der Waals surface area contributed by atoms with Gasteiger partial charge in [-0.1, -0.05) is 42.1 Å². The Morgan fingerprint density at radius 3 is 2.54 bits per heavy atom. The number of benzene rings is 1. The second-order valence-electron chi connectivity index (χ2n) is 6.32. The number of hydrogen-bond acceptors (Lipinski definition) is 3. The zero-order valence-electron chi connectivity index (χ0n) is 13.3. The van der Waals surface area contributed by atoms with Crippen LogP contribution in [-0.4, -0.2) is 15.0 Å². The van der Waals surface area contributed by atoms with Gasteiger partial charge in [0.1, 0.15) is 4.90 Å². The molecule has 7 heteroatoms. The maximum absolute atomic E-state index is 12.7. The first-order chi connectivity index (χ1) is 11.3. The van der Waals surface area contributed by atoms with E-state index in [2.05, 4.69) is 10.8 Å². The third-order valence-corrected chi connectivity index (χ3v) is 8.10. The van der Waals surface area contributed by atoms with E-state index in [1.807, 2.05) is 11.4 Å². The lowest BCUT2D eigenvalue weighted by Gasteiger charge is -2.28. The van der Waals surface area contributed by atoms with E-state index < -0.39 is 10.0 Å². The van der Waals surface area contributed by atoms with E-state index >= 15 is 0 Å². The maximum Gasteiger partial charge on any atom is 0.242 e. The van der Waals surface area contributed by atoms with Gasteiger partial charge >= 0.3 is 0 Å². The zero-order chi connectivity index (χ0) is 17.4. The molecule has 24 heavy (non-hydrogen) atoms. The van der Waals surface area contributed by atoms with Gasteiger partial charge < -0.3 is 0 Å². The minimum Gasteiger partial charge on any atom is -0.210 e. The lowest BCUT2D eigenvalue weighted by Crippen LogP contribution is -2.38. The molecule has 0 spiro atoms. The number of sulfonamides is 1. The Hall–Kier alpha value is -0.590. The van der Waals surface area contributed by atoms with E-state index in [0.717, 1.165) is 25.7 Å². The van der Waals surface area contributed by atoms with Crippen molar-refractivity contribution in [3.63, 3.8) is 0 Å². The van der Waals surface area contributed by atoms with E-state index in [0.29, 0.717) is 17.1 Å². The summed E-state index contributed by atoms with van der Waals surface area (Å²) >= 11 is 13.8. The highest BCUT2D eigenvalue weighted by molar-refractivity contribution is 7.89. The Kier molecular flexibility index (Phi) is 5.28. The molecule has 3 nitrogen and oxygen atoms in total. The third-order valence-electron chi connectivity index (χ3n) is 4.71. The molecule has 0 bridgehead atoms. The normalized spacial score (nSPS) is 17.3. The van der Waals surface area contributed by atoms with E-state index in [1.165, 1.54) is 17.0 Å². The predicted molar refractivity (Wildman–Crippen MR) is 101 cm³/mol. The second kappa shape index (κ2) is 6.96. The lowest BCUT2D eigenvalue weighted by atomic mass is 9.85. The first-order valence-corrected chi connectivity index (χ1v) is 11.0. The summed E-state index contributed by atoms with van der Waals surface area (Å²) in [5.41, 5.74) is 0.588. The van der Waals surface area contributed by atoms with Gasteiger partial charge in [-0.15, -0.1) is 11.3 Å². The molecular weight excluding hydrogens is 385 g/mol. The largest absolute Gasteiger partial charge is 0.242 e. The molecule has 0 aliphatic heterocycles. The van der Waals surface area contributed by atoms with Gasteiger partial charge in [-0.2, -0.15) is 0 Å². The minimum absolute atomic E-state index is 0.0883. The number of nitrogens with one attached hydrogen (secondary N) is 1. The minimum atomic E-state index is -3.68. The van der Waals surface area contributed by atoms with Crippen molar-refractivity contribution >= 4 is 44.6 Å². The van der Waals surface area contributed by atoms with Gasteiger partial charge in [0.25, 0.3) is 0 Å². The van der Waals surface area contributed by atoms with Crippen LogP contribution >= 0.6 is 34.5 Å². The monoisotopic (exact) mass is 403 g/mol. The molecule has 1 aliphatic rings. The summed E-state index contributed by atoms with van der Waals surface area (Å²) in [6, 6.07) is 7.13. The Balaban J connectivity index is 1.86. The van der Waals surface area contributed by atoms with E-state index in [-0.39, 0.29) is 15.3 Å². The van der Waals surface area contributed by atoms with Gasteiger partial charge in [0.2, 0.25) is 10.0 Å². The third kappa shape index (κ3) is 3.51. The lowest BCUT2D eigenvalue weighted by molar-refractivity contribution is 0.440. The summed E-state index contributed by atoms with van der Waals surface area (Å²) in [5, 5.41) is 2.66. The highest BCUT2D eigenvalue weighted by Gasteiger charge is 2.37. The smallest absolute Gasteiger partial charge is 0.210 e. The number of rotatable bonds is 5. The molecule has 2 aromatic rings. The Bertz CT molecular complexity index is 827. The van der Waals surface area contributed by atoms with Gasteiger partial charge in [0.05, 0.1) is 5.02 Å². The fourth-order valence-electron chi connectivity index (χ4n) is 3.29. The Labute approximate surface area is 157 Å². The first-order valence-electron chi connectivity index (χ1n) is 7.83. The van der Waals surface area contributed by atoms with Crippen LogP contribution in [0.5, 0.6) is 0 Å². The van der Waals surface area contributed by atoms with Gasteiger partial charge in [-0.3, -0.25) is 0 Å². The van der Waals surface area contributed by atoms with E-state index in [1.54, 1.807) is 18.3 Å². The van der Waals surface area contributed by atoms with Crippen LogP contribution in [0.15, 0.2) is 34.5 Å². The van der Waals surface area contributed by atoms with Crippen LogP contribution in [0.1, 0.15) is 36.1 Å².